The molecule has 1 atom stereocenters. The van der Waals surface area contributed by atoms with Gasteiger partial charge in [0, 0.05) is 19.8 Å². The molecule has 0 aliphatic carbocycles. The third kappa shape index (κ3) is 3.29. The first kappa shape index (κ1) is 13.0. The standard InChI is InChI=1S/C14H22N2O2/c1-2-18-13-5-3-4-12(14(13)15)16-8-6-11-7-9-17-10-11/h3-5,11,16H,2,6-10,15H2,1H3. The molecule has 4 nitrogen and oxygen atoms in total. The Kier molecular flexibility index (Phi) is 4.70. The van der Waals surface area contributed by atoms with Gasteiger partial charge in [-0.05, 0) is 37.8 Å². The minimum Gasteiger partial charge on any atom is -0.492 e. The second-order valence-corrected chi connectivity index (χ2v) is 4.60. The number of rotatable bonds is 6. The number of benzene rings is 1. The number of nitrogen functional groups attached to an aromatic ring is 1. The monoisotopic (exact) mass is 250 g/mol. The summed E-state index contributed by atoms with van der Waals surface area (Å²) in [5.74, 6) is 1.44. The molecular weight excluding hydrogens is 228 g/mol. The number of para-hydroxylation sites is 1. The van der Waals surface area contributed by atoms with Crippen LogP contribution in [0, 0.1) is 5.92 Å². The van der Waals surface area contributed by atoms with Crippen molar-refractivity contribution in [3.05, 3.63) is 18.2 Å². The summed E-state index contributed by atoms with van der Waals surface area (Å²) in [5.41, 5.74) is 7.71. The second-order valence-electron chi connectivity index (χ2n) is 4.60. The molecule has 0 aromatic heterocycles. The highest BCUT2D eigenvalue weighted by Crippen LogP contribution is 2.29. The smallest absolute Gasteiger partial charge is 0.144 e. The predicted octanol–water partition coefficient (Wildman–Crippen LogP) is 2.51. The van der Waals surface area contributed by atoms with Gasteiger partial charge in [0.1, 0.15) is 5.75 Å². The fourth-order valence-electron chi connectivity index (χ4n) is 2.20. The van der Waals surface area contributed by atoms with Crippen molar-refractivity contribution >= 4 is 11.4 Å². The minimum absolute atomic E-state index is 0.632. The van der Waals surface area contributed by atoms with Crippen molar-refractivity contribution in [1.29, 1.82) is 0 Å². The van der Waals surface area contributed by atoms with Gasteiger partial charge in [0.15, 0.2) is 0 Å². The average molecular weight is 250 g/mol. The zero-order valence-electron chi connectivity index (χ0n) is 10.9. The molecule has 18 heavy (non-hydrogen) atoms. The molecule has 0 saturated carbocycles. The molecule has 2 rings (SSSR count). The fourth-order valence-corrected chi connectivity index (χ4v) is 2.20. The second kappa shape index (κ2) is 6.50. The number of hydrogen-bond donors (Lipinski definition) is 2. The lowest BCUT2D eigenvalue weighted by molar-refractivity contribution is 0.185. The topological polar surface area (TPSA) is 56.5 Å². The first-order valence-corrected chi connectivity index (χ1v) is 6.64. The molecule has 0 spiro atoms. The highest BCUT2D eigenvalue weighted by Gasteiger charge is 2.15. The Balaban J connectivity index is 1.86. The first-order chi connectivity index (χ1) is 8.81. The van der Waals surface area contributed by atoms with Crippen molar-refractivity contribution in [1.82, 2.24) is 0 Å². The molecule has 1 unspecified atom stereocenters. The normalized spacial score (nSPS) is 18.8. The van der Waals surface area contributed by atoms with Gasteiger partial charge >= 0.3 is 0 Å². The van der Waals surface area contributed by atoms with Gasteiger partial charge in [-0.1, -0.05) is 6.07 Å². The SMILES string of the molecule is CCOc1cccc(NCCC2CCOC2)c1N. The third-order valence-corrected chi connectivity index (χ3v) is 3.26. The molecule has 0 radical (unpaired) electrons. The Morgan fingerprint density at radius 3 is 3.11 bits per heavy atom. The van der Waals surface area contributed by atoms with Gasteiger partial charge in [-0.15, -0.1) is 0 Å². The Bertz CT molecular complexity index is 376. The van der Waals surface area contributed by atoms with Crippen molar-refractivity contribution in [3.63, 3.8) is 0 Å². The minimum atomic E-state index is 0.632. The maximum atomic E-state index is 6.05. The van der Waals surface area contributed by atoms with Crippen LogP contribution in [0.25, 0.3) is 0 Å². The van der Waals surface area contributed by atoms with E-state index >= 15 is 0 Å². The maximum Gasteiger partial charge on any atom is 0.144 e. The molecule has 1 aromatic rings. The number of nitrogens with one attached hydrogen (secondary N) is 1. The molecule has 1 aromatic carbocycles. The van der Waals surface area contributed by atoms with Gasteiger partial charge in [0.25, 0.3) is 0 Å². The Labute approximate surface area is 108 Å². The summed E-state index contributed by atoms with van der Waals surface area (Å²) < 4.78 is 10.8. The summed E-state index contributed by atoms with van der Waals surface area (Å²) in [6.45, 7) is 5.32. The van der Waals surface area contributed by atoms with Gasteiger partial charge in [0.2, 0.25) is 0 Å². The van der Waals surface area contributed by atoms with Crippen LogP contribution < -0.4 is 15.8 Å². The molecule has 1 fully saturated rings. The van der Waals surface area contributed by atoms with Crippen LogP contribution in [0.5, 0.6) is 5.75 Å². The Morgan fingerprint density at radius 2 is 2.39 bits per heavy atom. The van der Waals surface area contributed by atoms with E-state index in [4.69, 9.17) is 15.2 Å². The molecule has 1 saturated heterocycles. The average Bonchev–Trinajstić information content (AvgIpc) is 2.87. The van der Waals surface area contributed by atoms with Crippen LogP contribution in [0.3, 0.4) is 0 Å². The van der Waals surface area contributed by atoms with Crippen LogP contribution in [-0.4, -0.2) is 26.4 Å². The van der Waals surface area contributed by atoms with Gasteiger partial charge < -0.3 is 20.5 Å². The van der Waals surface area contributed by atoms with E-state index in [0.717, 1.165) is 37.6 Å². The van der Waals surface area contributed by atoms with Crippen LogP contribution in [0.15, 0.2) is 18.2 Å². The number of nitrogens with two attached hydrogens (primary N) is 1. The number of ether oxygens (including phenoxy) is 2. The molecule has 100 valence electrons. The van der Waals surface area contributed by atoms with Crippen LogP contribution >= 0.6 is 0 Å². The molecule has 3 N–H and O–H groups in total. The first-order valence-electron chi connectivity index (χ1n) is 6.64. The lowest BCUT2D eigenvalue weighted by Gasteiger charge is -2.14. The van der Waals surface area contributed by atoms with E-state index in [9.17, 15) is 0 Å². The van der Waals surface area contributed by atoms with E-state index in [0.29, 0.717) is 18.2 Å². The van der Waals surface area contributed by atoms with E-state index < -0.39 is 0 Å². The van der Waals surface area contributed by atoms with Gasteiger partial charge in [-0.2, -0.15) is 0 Å². The van der Waals surface area contributed by atoms with Gasteiger partial charge in [-0.3, -0.25) is 0 Å². The van der Waals surface area contributed by atoms with E-state index in [1.807, 2.05) is 25.1 Å². The Morgan fingerprint density at radius 1 is 1.50 bits per heavy atom. The molecule has 4 heteroatoms. The molecule has 0 bridgehead atoms. The summed E-state index contributed by atoms with van der Waals surface area (Å²) in [7, 11) is 0. The van der Waals surface area contributed by atoms with Crippen molar-refractivity contribution < 1.29 is 9.47 Å². The van der Waals surface area contributed by atoms with Crippen molar-refractivity contribution in [2.75, 3.05) is 37.4 Å². The van der Waals surface area contributed by atoms with Crippen molar-refractivity contribution in [2.24, 2.45) is 5.92 Å². The maximum absolute atomic E-state index is 6.05. The largest absolute Gasteiger partial charge is 0.492 e. The summed E-state index contributed by atoms with van der Waals surface area (Å²) in [6.07, 6.45) is 2.30. The van der Waals surface area contributed by atoms with E-state index in [1.54, 1.807) is 0 Å². The highest BCUT2D eigenvalue weighted by atomic mass is 16.5. The van der Waals surface area contributed by atoms with Crippen LogP contribution in [-0.2, 0) is 4.74 Å². The van der Waals surface area contributed by atoms with Crippen molar-refractivity contribution in [2.45, 2.75) is 19.8 Å². The van der Waals surface area contributed by atoms with E-state index in [1.165, 1.54) is 6.42 Å². The van der Waals surface area contributed by atoms with Gasteiger partial charge in [-0.25, -0.2) is 0 Å². The van der Waals surface area contributed by atoms with Crippen LogP contribution in [0.4, 0.5) is 11.4 Å². The number of anilines is 2. The summed E-state index contributed by atoms with van der Waals surface area (Å²) in [5, 5.41) is 3.38. The summed E-state index contributed by atoms with van der Waals surface area (Å²) >= 11 is 0. The predicted molar refractivity (Wildman–Crippen MR) is 74.1 cm³/mol. The fraction of sp³-hybridized carbons (Fsp3) is 0.571. The van der Waals surface area contributed by atoms with Crippen LogP contribution in [0.1, 0.15) is 19.8 Å². The highest BCUT2D eigenvalue weighted by molar-refractivity contribution is 5.72. The summed E-state index contributed by atoms with van der Waals surface area (Å²) in [6, 6.07) is 5.85. The van der Waals surface area contributed by atoms with Gasteiger partial charge in [0.05, 0.1) is 18.0 Å². The zero-order chi connectivity index (χ0) is 12.8. The quantitative estimate of drug-likeness (QED) is 0.762. The molecule has 1 aliphatic heterocycles. The third-order valence-electron chi connectivity index (χ3n) is 3.26. The molecule has 1 aliphatic rings. The Hall–Kier alpha value is -1.42. The van der Waals surface area contributed by atoms with E-state index in [-0.39, 0.29) is 0 Å². The lowest BCUT2D eigenvalue weighted by atomic mass is 10.1. The van der Waals surface area contributed by atoms with Crippen molar-refractivity contribution in [3.8, 4) is 5.75 Å². The molecular formula is C14H22N2O2. The van der Waals surface area contributed by atoms with E-state index in [2.05, 4.69) is 5.32 Å². The molecule has 0 amide bonds. The number of hydrogen-bond acceptors (Lipinski definition) is 4. The lowest BCUT2D eigenvalue weighted by Crippen LogP contribution is -2.10. The summed E-state index contributed by atoms with van der Waals surface area (Å²) in [4.78, 5) is 0. The van der Waals surface area contributed by atoms with Crippen LogP contribution in [0.2, 0.25) is 0 Å². The zero-order valence-corrected chi connectivity index (χ0v) is 10.9. The molecule has 1 heterocycles.